The molecule has 0 aliphatic heterocycles. The Balaban J connectivity index is 1.86. The largest absolute Gasteiger partial charge is 0.467 e. The quantitative estimate of drug-likeness (QED) is 0.876. The van der Waals surface area contributed by atoms with Gasteiger partial charge in [0.2, 0.25) is 0 Å². The first kappa shape index (κ1) is 13.0. The standard InChI is InChI=1S/C15H20N4O/c1-3-16-14-9-15(18-11(2)17-14)19(12-6-7-12)10-13-5-4-8-20-13/h4-5,8-9,12H,3,6-7,10H2,1-2H3,(H,16,17,18). The van der Waals surface area contributed by atoms with Gasteiger partial charge in [0.25, 0.3) is 0 Å². The average Bonchev–Trinajstić information content (AvgIpc) is 3.12. The fraction of sp³-hybridized carbons (Fsp3) is 0.467. The van der Waals surface area contributed by atoms with Crippen molar-refractivity contribution in [2.45, 2.75) is 39.3 Å². The molecule has 1 aliphatic carbocycles. The van der Waals surface area contributed by atoms with E-state index in [0.717, 1.165) is 36.3 Å². The van der Waals surface area contributed by atoms with E-state index in [1.54, 1.807) is 6.26 Å². The van der Waals surface area contributed by atoms with E-state index in [0.29, 0.717) is 6.04 Å². The molecule has 106 valence electrons. The van der Waals surface area contributed by atoms with Crippen LogP contribution in [0.4, 0.5) is 11.6 Å². The van der Waals surface area contributed by atoms with Crippen LogP contribution in [0.3, 0.4) is 0 Å². The molecule has 3 rings (SSSR count). The first-order chi connectivity index (χ1) is 9.76. The van der Waals surface area contributed by atoms with E-state index >= 15 is 0 Å². The number of aryl methyl sites for hydroxylation is 1. The Bertz CT molecular complexity index is 563. The van der Waals surface area contributed by atoms with Crippen molar-refractivity contribution in [3.63, 3.8) is 0 Å². The molecule has 0 radical (unpaired) electrons. The molecule has 1 N–H and O–H groups in total. The van der Waals surface area contributed by atoms with E-state index in [9.17, 15) is 0 Å². The Morgan fingerprint density at radius 2 is 2.25 bits per heavy atom. The van der Waals surface area contributed by atoms with Crippen molar-refractivity contribution in [2.24, 2.45) is 0 Å². The molecule has 20 heavy (non-hydrogen) atoms. The summed E-state index contributed by atoms with van der Waals surface area (Å²) in [7, 11) is 0. The Kier molecular flexibility index (Phi) is 3.58. The number of anilines is 2. The van der Waals surface area contributed by atoms with Crippen molar-refractivity contribution >= 4 is 11.6 Å². The predicted octanol–water partition coefficient (Wildman–Crippen LogP) is 2.98. The van der Waals surface area contributed by atoms with Gasteiger partial charge in [0.1, 0.15) is 23.2 Å². The monoisotopic (exact) mass is 272 g/mol. The molecule has 5 nitrogen and oxygen atoms in total. The van der Waals surface area contributed by atoms with Crippen LogP contribution in [0, 0.1) is 6.92 Å². The third-order valence-corrected chi connectivity index (χ3v) is 3.37. The van der Waals surface area contributed by atoms with Crippen molar-refractivity contribution in [2.75, 3.05) is 16.8 Å². The third-order valence-electron chi connectivity index (χ3n) is 3.37. The highest BCUT2D eigenvalue weighted by atomic mass is 16.3. The van der Waals surface area contributed by atoms with Crippen LogP contribution in [0.25, 0.3) is 0 Å². The molecule has 0 unspecified atom stereocenters. The zero-order valence-electron chi connectivity index (χ0n) is 12.0. The Morgan fingerprint density at radius 1 is 1.40 bits per heavy atom. The lowest BCUT2D eigenvalue weighted by atomic mass is 10.3. The van der Waals surface area contributed by atoms with Crippen LogP contribution in [0.5, 0.6) is 0 Å². The van der Waals surface area contributed by atoms with E-state index in [-0.39, 0.29) is 0 Å². The maximum Gasteiger partial charge on any atom is 0.135 e. The second-order valence-electron chi connectivity index (χ2n) is 5.13. The summed E-state index contributed by atoms with van der Waals surface area (Å²) in [6, 6.07) is 6.53. The zero-order chi connectivity index (χ0) is 13.9. The van der Waals surface area contributed by atoms with Gasteiger partial charge in [-0.25, -0.2) is 9.97 Å². The molecule has 0 spiro atoms. The molecule has 0 aromatic carbocycles. The summed E-state index contributed by atoms with van der Waals surface area (Å²) in [6.45, 7) is 5.62. The van der Waals surface area contributed by atoms with E-state index in [1.807, 2.05) is 25.1 Å². The van der Waals surface area contributed by atoms with Gasteiger partial charge >= 0.3 is 0 Å². The first-order valence-electron chi connectivity index (χ1n) is 7.15. The van der Waals surface area contributed by atoms with Crippen LogP contribution in [0.1, 0.15) is 31.4 Å². The van der Waals surface area contributed by atoms with Crippen molar-refractivity contribution in [3.8, 4) is 0 Å². The molecule has 1 fully saturated rings. The topological polar surface area (TPSA) is 54.2 Å². The summed E-state index contributed by atoms with van der Waals surface area (Å²) in [4.78, 5) is 11.3. The van der Waals surface area contributed by atoms with Gasteiger partial charge in [-0.15, -0.1) is 0 Å². The van der Waals surface area contributed by atoms with E-state index in [1.165, 1.54) is 12.8 Å². The summed E-state index contributed by atoms with van der Waals surface area (Å²) < 4.78 is 5.47. The van der Waals surface area contributed by atoms with Crippen LogP contribution in [0.2, 0.25) is 0 Å². The minimum atomic E-state index is 0.573. The van der Waals surface area contributed by atoms with Gasteiger partial charge in [0.15, 0.2) is 0 Å². The Hall–Kier alpha value is -2.04. The van der Waals surface area contributed by atoms with Crippen LogP contribution in [0.15, 0.2) is 28.9 Å². The van der Waals surface area contributed by atoms with Crippen LogP contribution < -0.4 is 10.2 Å². The van der Waals surface area contributed by atoms with Crippen LogP contribution in [-0.4, -0.2) is 22.6 Å². The summed E-state index contributed by atoms with van der Waals surface area (Å²) >= 11 is 0. The van der Waals surface area contributed by atoms with Crippen LogP contribution in [-0.2, 0) is 6.54 Å². The highest BCUT2D eigenvalue weighted by Gasteiger charge is 2.31. The van der Waals surface area contributed by atoms with Crippen molar-refractivity contribution in [3.05, 3.63) is 36.0 Å². The summed E-state index contributed by atoms with van der Waals surface area (Å²) in [6.07, 6.45) is 4.16. The number of rotatable bonds is 6. The van der Waals surface area contributed by atoms with Gasteiger partial charge in [0.05, 0.1) is 12.8 Å². The van der Waals surface area contributed by atoms with E-state index in [2.05, 4.69) is 27.1 Å². The summed E-state index contributed by atoms with van der Waals surface area (Å²) in [5.74, 6) is 3.63. The van der Waals surface area contributed by atoms with Gasteiger partial charge < -0.3 is 14.6 Å². The van der Waals surface area contributed by atoms with Crippen LogP contribution >= 0.6 is 0 Å². The van der Waals surface area contributed by atoms with Crippen molar-refractivity contribution in [1.82, 2.24) is 9.97 Å². The number of aromatic nitrogens is 2. The highest BCUT2D eigenvalue weighted by molar-refractivity contribution is 5.51. The van der Waals surface area contributed by atoms with E-state index < -0.39 is 0 Å². The lowest BCUT2D eigenvalue weighted by Crippen LogP contribution is -2.26. The third kappa shape index (κ3) is 2.92. The number of furan rings is 1. The number of hydrogen-bond donors (Lipinski definition) is 1. The zero-order valence-corrected chi connectivity index (χ0v) is 12.0. The molecule has 0 saturated heterocycles. The number of nitrogens with one attached hydrogen (secondary N) is 1. The molecular formula is C15H20N4O. The second kappa shape index (κ2) is 5.53. The van der Waals surface area contributed by atoms with Gasteiger partial charge in [-0.1, -0.05) is 0 Å². The number of hydrogen-bond acceptors (Lipinski definition) is 5. The maximum atomic E-state index is 5.47. The maximum absolute atomic E-state index is 5.47. The molecule has 0 atom stereocenters. The Labute approximate surface area is 119 Å². The molecule has 2 heterocycles. The van der Waals surface area contributed by atoms with Gasteiger partial charge in [-0.05, 0) is 38.8 Å². The lowest BCUT2D eigenvalue weighted by molar-refractivity contribution is 0.500. The molecule has 1 aliphatic rings. The molecule has 5 heteroatoms. The van der Waals surface area contributed by atoms with Crippen molar-refractivity contribution < 1.29 is 4.42 Å². The number of nitrogens with zero attached hydrogens (tertiary/aromatic N) is 3. The smallest absolute Gasteiger partial charge is 0.135 e. The minimum Gasteiger partial charge on any atom is -0.467 e. The minimum absolute atomic E-state index is 0.573. The molecule has 0 bridgehead atoms. The fourth-order valence-electron chi connectivity index (χ4n) is 2.32. The van der Waals surface area contributed by atoms with E-state index in [4.69, 9.17) is 4.42 Å². The summed E-state index contributed by atoms with van der Waals surface area (Å²) in [5.41, 5.74) is 0. The Morgan fingerprint density at radius 3 is 2.90 bits per heavy atom. The van der Waals surface area contributed by atoms with Gasteiger partial charge in [-0.3, -0.25) is 0 Å². The molecule has 0 amide bonds. The summed E-state index contributed by atoms with van der Waals surface area (Å²) in [5, 5.41) is 3.26. The molecule has 2 aromatic heterocycles. The average molecular weight is 272 g/mol. The SMILES string of the molecule is CCNc1cc(N(Cc2ccco2)C2CC2)nc(C)n1. The second-order valence-corrected chi connectivity index (χ2v) is 5.13. The first-order valence-corrected chi connectivity index (χ1v) is 7.15. The van der Waals surface area contributed by atoms with Gasteiger partial charge in [-0.2, -0.15) is 0 Å². The molecule has 2 aromatic rings. The van der Waals surface area contributed by atoms with Crippen molar-refractivity contribution in [1.29, 1.82) is 0 Å². The normalized spacial score (nSPS) is 14.3. The lowest BCUT2D eigenvalue weighted by Gasteiger charge is -2.23. The molecular weight excluding hydrogens is 252 g/mol. The molecule has 1 saturated carbocycles. The van der Waals surface area contributed by atoms with Gasteiger partial charge in [0, 0.05) is 18.7 Å². The highest BCUT2D eigenvalue weighted by Crippen LogP contribution is 2.32. The predicted molar refractivity (Wildman–Crippen MR) is 78.8 cm³/mol. The fourth-order valence-corrected chi connectivity index (χ4v) is 2.32.